The van der Waals surface area contributed by atoms with E-state index in [-0.39, 0.29) is 0 Å². The van der Waals surface area contributed by atoms with Gasteiger partial charge in [0.1, 0.15) is 5.65 Å². The van der Waals surface area contributed by atoms with Gasteiger partial charge in [0.25, 0.3) is 0 Å². The number of aromatic nitrogens is 3. The van der Waals surface area contributed by atoms with Crippen LogP contribution in [0.4, 0.5) is 0 Å². The number of fused-ring (bicyclic) bond motifs is 3. The van der Waals surface area contributed by atoms with Crippen LogP contribution in [0.2, 0.25) is 0 Å². The minimum atomic E-state index is 0.761. The first-order chi connectivity index (χ1) is 9.42. The molecule has 0 aliphatic rings. The Kier molecular flexibility index (Phi) is 2.12. The second kappa shape index (κ2) is 3.92. The lowest BCUT2D eigenvalue weighted by Gasteiger charge is -2.00. The second-order valence-corrected chi connectivity index (χ2v) is 4.48. The molecule has 0 aliphatic heterocycles. The molecule has 4 rings (SSSR count). The number of hydrogen-bond donors (Lipinski definition) is 0. The standard InChI is InChI=1S/C16H11N3/c1-2-6-12(7-3-1)15-17-11-13-10-14-8-4-5-9-19(14)16(13)18-15/h1-11H. The number of rotatable bonds is 1. The maximum atomic E-state index is 4.69. The van der Waals surface area contributed by atoms with E-state index in [1.165, 1.54) is 0 Å². The molecule has 0 spiro atoms. The van der Waals surface area contributed by atoms with E-state index in [0.29, 0.717) is 0 Å². The van der Waals surface area contributed by atoms with Crippen molar-refractivity contribution in [1.82, 2.24) is 14.4 Å². The summed E-state index contributed by atoms with van der Waals surface area (Å²) in [5.41, 5.74) is 3.12. The van der Waals surface area contributed by atoms with Gasteiger partial charge < -0.3 is 4.40 Å². The summed E-state index contributed by atoms with van der Waals surface area (Å²) in [6, 6.07) is 18.3. The SMILES string of the molecule is c1ccc(-c2ncc3cc4ccccn4c3n2)cc1. The first-order valence-corrected chi connectivity index (χ1v) is 6.20. The zero-order valence-electron chi connectivity index (χ0n) is 10.2. The van der Waals surface area contributed by atoms with Crippen molar-refractivity contribution in [3.8, 4) is 11.4 Å². The van der Waals surface area contributed by atoms with Crippen molar-refractivity contribution in [1.29, 1.82) is 0 Å². The molecule has 0 amide bonds. The van der Waals surface area contributed by atoms with Crippen molar-refractivity contribution in [2.24, 2.45) is 0 Å². The molecular formula is C16H11N3. The lowest BCUT2D eigenvalue weighted by molar-refractivity contribution is 1.15. The Labute approximate surface area is 110 Å². The van der Waals surface area contributed by atoms with E-state index in [0.717, 1.165) is 27.9 Å². The molecule has 0 N–H and O–H groups in total. The van der Waals surface area contributed by atoms with Crippen molar-refractivity contribution < 1.29 is 0 Å². The van der Waals surface area contributed by atoms with Gasteiger partial charge in [0.05, 0.1) is 0 Å². The maximum absolute atomic E-state index is 4.69. The summed E-state index contributed by atoms with van der Waals surface area (Å²) in [5, 5.41) is 1.06. The van der Waals surface area contributed by atoms with Gasteiger partial charge in [0.2, 0.25) is 0 Å². The van der Waals surface area contributed by atoms with Crippen LogP contribution in [0, 0.1) is 0 Å². The molecule has 3 heteroatoms. The monoisotopic (exact) mass is 245 g/mol. The van der Waals surface area contributed by atoms with Crippen molar-refractivity contribution >= 4 is 16.6 Å². The Morgan fingerprint density at radius 3 is 2.63 bits per heavy atom. The van der Waals surface area contributed by atoms with Crippen LogP contribution in [0.25, 0.3) is 27.9 Å². The highest BCUT2D eigenvalue weighted by Crippen LogP contribution is 2.21. The number of nitrogens with zero attached hydrogens (tertiary/aromatic N) is 3. The van der Waals surface area contributed by atoms with Crippen LogP contribution in [0.5, 0.6) is 0 Å². The predicted molar refractivity (Wildman–Crippen MR) is 75.9 cm³/mol. The molecule has 90 valence electrons. The van der Waals surface area contributed by atoms with Gasteiger partial charge in [-0.15, -0.1) is 0 Å². The molecule has 19 heavy (non-hydrogen) atoms. The number of hydrogen-bond acceptors (Lipinski definition) is 2. The smallest absolute Gasteiger partial charge is 0.161 e. The average Bonchev–Trinajstić information content (AvgIpc) is 2.86. The van der Waals surface area contributed by atoms with Crippen LogP contribution in [-0.2, 0) is 0 Å². The van der Waals surface area contributed by atoms with E-state index in [9.17, 15) is 0 Å². The molecule has 0 saturated carbocycles. The zero-order chi connectivity index (χ0) is 12.7. The molecule has 0 radical (unpaired) electrons. The van der Waals surface area contributed by atoms with Gasteiger partial charge in [-0.2, -0.15) is 0 Å². The highest BCUT2D eigenvalue weighted by atomic mass is 15.0. The third-order valence-electron chi connectivity index (χ3n) is 3.25. The van der Waals surface area contributed by atoms with Gasteiger partial charge in [0.15, 0.2) is 5.82 Å². The summed E-state index contributed by atoms with van der Waals surface area (Å²) >= 11 is 0. The van der Waals surface area contributed by atoms with Gasteiger partial charge in [-0.1, -0.05) is 36.4 Å². The lowest BCUT2D eigenvalue weighted by Crippen LogP contribution is -1.91. The molecule has 3 heterocycles. The summed E-state index contributed by atoms with van der Waals surface area (Å²) in [5.74, 6) is 0.761. The average molecular weight is 245 g/mol. The molecule has 0 unspecified atom stereocenters. The fourth-order valence-electron chi connectivity index (χ4n) is 2.33. The van der Waals surface area contributed by atoms with Crippen molar-refractivity contribution in [2.75, 3.05) is 0 Å². The third kappa shape index (κ3) is 1.59. The second-order valence-electron chi connectivity index (χ2n) is 4.48. The van der Waals surface area contributed by atoms with E-state index >= 15 is 0 Å². The minimum absolute atomic E-state index is 0.761. The highest BCUT2D eigenvalue weighted by Gasteiger charge is 2.06. The summed E-state index contributed by atoms with van der Waals surface area (Å²) < 4.78 is 2.09. The maximum Gasteiger partial charge on any atom is 0.161 e. The van der Waals surface area contributed by atoms with E-state index < -0.39 is 0 Å². The fourth-order valence-corrected chi connectivity index (χ4v) is 2.33. The van der Waals surface area contributed by atoms with Crippen LogP contribution in [0.3, 0.4) is 0 Å². The summed E-state index contributed by atoms with van der Waals surface area (Å²) in [7, 11) is 0. The molecule has 0 aliphatic carbocycles. The lowest BCUT2D eigenvalue weighted by atomic mass is 10.2. The molecular weight excluding hydrogens is 234 g/mol. The zero-order valence-corrected chi connectivity index (χ0v) is 10.2. The Morgan fingerprint density at radius 1 is 0.895 bits per heavy atom. The van der Waals surface area contributed by atoms with E-state index in [2.05, 4.69) is 26.5 Å². The topological polar surface area (TPSA) is 30.2 Å². The summed E-state index contributed by atoms with van der Waals surface area (Å²) in [6.45, 7) is 0. The first kappa shape index (κ1) is 10.3. The van der Waals surface area contributed by atoms with Crippen LogP contribution >= 0.6 is 0 Å². The Hall–Kier alpha value is -2.68. The van der Waals surface area contributed by atoms with Gasteiger partial charge in [-0.25, -0.2) is 9.97 Å². The molecule has 3 nitrogen and oxygen atoms in total. The summed E-state index contributed by atoms with van der Waals surface area (Å²) in [4.78, 5) is 9.13. The van der Waals surface area contributed by atoms with Crippen molar-refractivity contribution in [3.05, 3.63) is 67.0 Å². The first-order valence-electron chi connectivity index (χ1n) is 6.20. The van der Waals surface area contributed by atoms with Crippen LogP contribution in [0.15, 0.2) is 67.0 Å². The largest absolute Gasteiger partial charge is 0.301 e. The number of benzene rings is 1. The Balaban J connectivity index is 2.03. The highest BCUT2D eigenvalue weighted by molar-refractivity contribution is 5.84. The Morgan fingerprint density at radius 2 is 1.74 bits per heavy atom. The quantitative estimate of drug-likeness (QED) is 0.513. The van der Waals surface area contributed by atoms with Gasteiger partial charge >= 0.3 is 0 Å². The van der Waals surface area contributed by atoms with Crippen LogP contribution in [0.1, 0.15) is 0 Å². The van der Waals surface area contributed by atoms with E-state index in [1.807, 2.05) is 54.9 Å². The molecule has 0 fully saturated rings. The molecule has 0 saturated heterocycles. The molecule has 4 aromatic rings. The minimum Gasteiger partial charge on any atom is -0.301 e. The van der Waals surface area contributed by atoms with Crippen LogP contribution in [-0.4, -0.2) is 14.4 Å². The van der Waals surface area contributed by atoms with Crippen LogP contribution < -0.4 is 0 Å². The fraction of sp³-hybridized carbons (Fsp3) is 0. The van der Waals surface area contributed by atoms with Gasteiger partial charge in [-0.05, 0) is 18.2 Å². The molecule has 0 bridgehead atoms. The molecule has 3 aromatic heterocycles. The summed E-state index contributed by atoms with van der Waals surface area (Å²) in [6.07, 6.45) is 3.91. The van der Waals surface area contributed by atoms with Gasteiger partial charge in [0, 0.05) is 28.9 Å². The molecule has 0 atom stereocenters. The predicted octanol–water partition coefficient (Wildman–Crippen LogP) is 3.55. The Bertz CT molecular complexity index is 863. The molecule has 1 aromatic carbocycles. The normalized spacial score (nSPS) is 11.2. The van der Waals surface area contributed by atoms with E-state index in [4.69, 9.17) is 0 Å². The van der Waals surface area contributed by atoms with Crippen molar-refractivity contribution in [3.63, 3.8) is 0 Å². The number of pyridine rings is 1. The van der Waals surface area contributed by atoms with Gasteiger partial charge in [-0.3, -0.25) is 0 Å². The van der Waals surface area contributed by atoms with Crippen molar-refractivity contribution in [2.45, 2.75) is 0 Å². The van der Waals surface area contributed by atoms with E-state index in [1.54, 1.807) is 0 Å². The third-order valence-corrected chi connectivity index (χ3v) is 3.25.